The lowest BCUT2D eigenvalue weighted by molar-refractivity contribution is -0.134. The minimum atomic E-state index is -0.00572. The molecule has 0 aliphatic carbocycles. The summed E-state index contributed by atoms with van der Waals surface area (Å²) in [5.41, 5.74) is 3.64. The monoisotopic (exact) mass is 384 g/mol. The fraction of sp³-hybridized carbons (Fsp3) is 0.364. The van der Waals surface area contributed by atoms with E-state index in [0.717, 1.165) is 24.9 Å². The second-order valence-corrected chi connectivity index (χ2v) is 7.41. The zero-order chi connectivity index (χ0) is 19.2. The smallest absolute Gasteiger partial charge is 0.224 e. The maximum Gasteiger partial charge on any atom is 0.224 e. The van der Waals surface area contributed by atoms with Gasteiger partial charge in [-0.1, -0.05) is 48.0 Å². The molecule has 0 radical (unpaired) electrons. The van der Waals surface area contributed by atoms with Crippen molar-refractivity contribution in [3.8, 4) is 0 Å². The molecule has 3 rings (SSSR count). The number of rotatable bonds is 6. The molecule has 2 aromatic carbocycles. The van der Waals surface area contributed by atoms with Crippen LogP contribution >= 0.6 is 11.6 Å². The average molecular weight is 385 g/mol. The van der Waals surface area contributed by atoms with Gasteiger partial charge in [0.1, 0.15) is 0 Å². The van der Waals surface area contributed by atoms with Crippen LogP contribution in [-0.4, -0.2) is 41.2 Å². The van der Waals surface area contributed by atoms with Gasteiger partial charge in [0.25, 0.3) is 0 Å². The zero-order valence-corrected chi connectivity index (χ0v) is 16.4. The highest BCUT2D eigenvalue weighted by molar-refractivity contribution is 6.30. The maximum absolute atomic E-state index is 12.6. The number of benzene rings is 2. The number of hydrogen-bond acceptors (Lipinski definition) is 2. The van der Waals surface area contributed by atoms with Crippen molar-refractivity contribution < 1.29 is 9.59 Å². The molecule has 0 bridgehead atoms. The second kappa shape index (κ2) is 9.05. The molecule has 0 N–H and O–H groups in total. The van der Waals surface area contributed by atoms with Crippen LogP contribution in [0.4, 0.5) is 0 Å². The molecule has 0 atom stereocenters. The van der Waals surface area contributed by atoms with E-state index in [1.54, 1.807) is 11.8 Å². The predicted octanol–water partition coefficient (Wildman–Crippen LogP) is 3.71. The van der Waals surface area contributed by atoms with E-state index in [1.165, 1.54) is 11.1 Å². The van der Waals surface area contributed by atoms with Gasteiger partial charge in [-0.2, -0.15) is 0 Å². The van der Waals surface area contributed by atoms with E-state index in [9.17, 15) is 9.59 Å². The topological polar surface area (TPSA) is 40.6 Å². The molecule has 142 valence electrons. The molecule has 1 aliphatic heterocycles. The van der Waals surface area contributed by atoms with Crippen LogP contribution in [0.3, 0.4) is 0 Å². The first-order chi connectivity index (χ1) is 13.0. The number of amides is 2. The first-order valence-corrected chi connectivity index (χ1v) is 9.75. The van der Waals surface area contributed by atoms with Crippen LogP contribution < -0.4 is 0 Å². The lowest BCUT2D eigenvalue weighted by atomic mass is 10.00. The van der Waals surface area contributed by atoms with Crippen LogP contribution in [0.15, 0.2) is 48.5 Å². The van der Waals surface area contributed by atoms with Gasteiger partial charge in [0.2, 0.25) is 11.8 Å². The molecular formula is C22H25ClN2O2. The largest absolute Gasteiger partial charge is 0.342 e. The Balaban J connectivity index is 1.52. The molecule has 5 heteroatoms. The van der Waals surface area contributed by atoms with E-state index in [4.69, 9.17) is 11.6 Å². The lowest BCUT2D eigenvalue weighted by Crippen LogP contribution is -2.39. The molecule has 1 heterocycles. The number of fused-ring (bicyclic) bond motifs is 1. The Morgan fingerprint density at radius 1 is 1.07 bits per heavy atom. The fourth-order valence-corrected chi connectivity index (χ4v) is 3.69. The molecule has 0 aromatic heterocycles. The van der Waals surface area contributed by atoms with Gasteiger partial charge >= 0.3 is 0 Å². The summed E-state index contributed by atoms with van der Waals surface area (Å²) in [6, 6.07) is 15.9. The highest BCUT2D eigenvalue weighted by Crippen LogP contribution is 2.19. The third kappa shape index (κ3) is 5.33. The maximum atomic E-state index is 12.6. The van der Waals surface area contributed by atoms with Crippen molar-refractivity contribution in [3.05, 3.63) is 70.2 Å². The Morgan fingerprint density at radius 3 is 2.59 bits per heavy atom. The standard InChI is InChI=1S/C22H25ClN2O2/c1-17(26)24(12-9-18-5-4-8-21(23)15-18)14-11-22(27)25-13-10-19-6-2-3-7-20(19)16-25/h2-8,15H,9-14,16H2,1H3. The van der Waals surface area contributed by atoms with Crippen LogP contribution in [0.5, 0.6) is 0 Å². The van der Waals surface area contributed by atoms with E-state index in [0.29, 0.717) is 31.1 Å². The van der Waals surface area contributed by atoms with Gasteiger partial charge in [-0.15, -0.1) is 0 Å². The molecule has 0 unspecified atom stereocenters. The van der Waals surface area contributed by atoms with Crippen molar-refractivity contribution in [3.63, 3.8) is 0 Å². The van der Waals surface area contributed by atoms with E-state index in [1.807, 2.05) is 41.3 Å². The summed E-state index contributed by atoms with van der Waals surface area (Å²) in [4.78, 5) is 28.2. The highest BCUT2D eigenvalue weighted by atomic mass is 35.5. The van der Waals surface area contributed by atoms with Gasteiger partial charge in [0.15, 0.2) is 0 Å². The molecule has 0 saturated carbocycles. The number of hydrogen-bond donors (Lipinski definition) is 0. The summed E-state index contributed by atoms with van der Waals surface area (Å²) < 4.78 is 0. The minimum absolute atomic E-state index is 0.00572. The van der Waals surface area contributed by atoms with Crippen molar-refractivity contribution in [2.75, 3.05) is 19.6 Å². The van der Waals surface area contributed by atoms with Crippen LogP contribution in [-0.2, 0) is 29.0 Å². The van der Waals surface area contributed by atoms with E-state index in [-0.39, 0.29) is 11.8 Å². The zero-order valence-electron chi connectivity index (χ0n) is 15.7. The lowest BCUT2D eigenvalue weighted by Gasteiger charge is -2.30. The van der Waals surface area contributed by atoms with Gasteiger partial charge in [0.05, 0.1) is 0 Å². The van der Waals surface area contributed by atoms with E-state index >= 15 is 0 Å². The fourth-order valence-electron chi connectivity index (χ4n) is 3.48. The Hall–Kier alpha value is -2.33. The van der Waals surface area contributed by atoms with Crippen molar-refractivity contribution in [2.45, 2.75) is 32.7 Å². The first kappa shape index (κ1) is 19.4. The second-order valence-electron chi connectivity index (χ2n) is 6.97. The van der Waals surface area contributed by atoms with Crippen LogP contribution in [0.1, 0.15) is 30.0 Å². The molecule has 0 saturated heterocycles. The van der Waals surface area contributed by atoms with Crippen molar-refractivity contribution in [1.82, 2.24) is 9.80 Å². The first-order valence-electron chi connectivity index (χ1n) is 9.37. The summed E-state index contributed by atoms with van der Waals surface area (Å²) in [7, 11) is 0. The molecule has 2 amide bonds. The number of carbonyl (C=O) groups excluding carboxylic acids is 2. The number of carbonyl (C=O) groups is 2. The number of nitrogens with zero attached hydrogens (tertiary/aromatic N) is 2. The predicted molar refractivity (Wildman–Crippen MR) is 108 cm³/mol. The molecule has 4 nitrogen and oxygen atoms in total. The summed E-state index contributed by atoms with van der Waals surface area (Å²) in [6.45, 7) is 4.01. The molecule has 27 heavy (non-hydrogen) atoms. The minimum Gasteiger partial charge on any atom is -0.342 e. The third-order valence-corrected chi connectivity index (χ3v) is 5.32. The van der Waals surface area contributed by atoms with Crippen LogP contribution in [0.2, 0.25) is 5.02 Å². The highest BCUT2D eigenvalue weighted by Gasteiger charge is 2.21. The Bertz CT molecular complexity index is 821. The average Bonchev–Trinajstić information content (AvgIpc) is 2.67. The SMILES string of the molecule is CC(=O)N(CCC(=O)N1CCc2ccccc2C1)CCc1cccc(Cl)c1. The van der Waals surface area contributed by atoms with Gasteiger partial charge in [-0.25, -0.2) is 0 Å². The summed E-state index contributed by atoms with van der Waals surface area (Å²) in [5, 5.41) is 0.697. The quantitative estimate of drug-likeness (QED) is 0.761. The number of halogens is 1. The normalized spacial score (nSPS) is 13.2. The Morgan fingerprint density at radius 2 is 1.85 bits per heavy atom. The Kier molecular flexibility index (Phi) is 6.51. The van der Waals surface area contributed by atoms with Crippen molar-refractivity contribution in [1.29, 1.82) is 0 Å². The summed E-state index contributed by atoms with van der Waals surface area (Å²) in [5.74, 6) is 0.104. The van der Waals surface area contributed by atoms with Crippen LogP contribution in [0, 0.1) is 0 Å². The van der Waals surface area contributed by atoms with Gasteiger partial charge < -0.3 is 9.80 Å². The molecular weight excluding hydrogens is 360 g/mol. The molecule has 1 aliphatic rings. The summed E-state index contributed by atoms with van der Waals surface area (Å²) >= 11 is 6.02. The van der Waals surface area contributed by atoms with Gasteiger partial charge in [-0.3, -0.25) is 9.59 Å². The van der Waals surface area contributed by atoms with E-state index < -0.39 is 0 Å². The Labute approximate surface area is 165 Å². The molecule has 0 fully saturated rings. The van der Waals surface area contributed by atoms with Crippen molar-refractivity contribution >= 4 is 23.4 Å². The molecule has 2 aromatic rings. The van der Waals surface area contributed by atoms with E-state index in [2.05, 4.69) is 12.1 Å². The summed E-state index contributed by atoms with van der Waals surface area (Å²) in [6.07, 6.45) is 1.98. The third-order valence-electron chi connectivity index (χ3n) is 5.08. The van der Waals surface area contributed by atoms with Crippen molar-refractivity contribution in [2.24, 2.45) is 0 Å². The van der Waals surface area contributed by atoms with Crippen LogP contribution in [0.25, 0.3) is 0 Å². The van der Waals surface area contributed by atoms with Gasteiger partial charge in [-0.05, 0) is 41.7 Å². The molecule has 0 spiro atoms. The van der Waals surface area contributed by atoms with Gasteiger partial charge in [0, 0.05) is 44.5 Å².